The molecule has 0 spiro atoms. The standard InChI is InChI=1S/C13H13O4.ClHO4/c1-6-3-8-4-10-11(13(15)17-12(10)14)5-9(8)7(2)16-6;2-1(3,4)5/h3,10-11H,4-5H2,1-2H3;(H,2,3,4,5)/q+1;/p-1. The number of aryl methyl sites for hydroxylation is 2. The normalized spacial score (nSPS) is 23.2. The molecular weight excluding hydrogens is 320 g/mol. The van der Waals surface area contributed by atoms with Crippen molar-refractivity contribution in [3.63, 3.8) is 0 Å². The Hall–Kier alpha value is -1.58. The van der Waals surface area contributed by atoms with E-state index in [1.165, 1.54) is 0 Å². The Kier molecular flexibility index (Phi) is 4.50. The highest BCUT2D eigenvalue weighted by Crippen LogP contribution is 2.37. The van der Waals surface area contributed by atoms with Crippen molar-refractivity contribution in [1.82, 2.24) is 0 Å². The quantitative estimate of drug-likeness (QED) is 0.274. The summed E-state index contributed by atoms with van der Waals surface area (Å²) in [5.41, 5.74) is 2.17. The molecule has 2 heterocycles. The molecule has 0 N–H and O–H groups in total. The van der Waals surface area contributed by atoms with Crippen LogP contribution in [0.1, 0.15) is 22.6 Å². The molecule has 0 radical (unpaired) electrons. The summed E-state index contributed by atoms with van der Waals surface area (Å²) in [6.07, 6.45) is 1.14. The van der Waals surface area contributed by atoms with E-state index in [0.29, 0.717) is 12.8 Å². The number of esters is 2. The molecule has 3 rings (SSSR count). The van der Waals surface area contributed by atoms with E-state index >= 15 is 0 Å². The zero-order valence-electron chi connectivity index (χ0n) is 11.8. The van der Waals surface area contributed by atoms with Gasteiger partial charge in [0, 0.05) is 6.07 Å². The second kappa shape index (κ2) is 5.90. The topological polar surface area (TPSA) is 147 Å². The Balaban J connectivity index is 0.000000309. The molecule has 22 heavy (non-hydrogen) atoms. The van der Waals surface area contributed by atoms with E-state index in [9.17, 15) is 9.59 Å². The van der Waals surface area contributed by atoms with E-state index < -0.39 is 10.2 Å². The Morgan fingerprint density at radius 2 is 1.59 bits per heavy atom. The number of hydrogen-bond acceptors (Lipinski definition) is 7. The van der Waals surface area contributed by atoms with E-state index in [2.05, 4.69) is 0 Å². The van der Waals surface area contributed by atoms with Gasteiger partial charge in [0.05, 0.1) is 31.2 Å². The van der Waals surface area contributed by atoms with Crippen LogP contribution in [0.15, 0.2) is 10.5 Å². The summed E-state index contributed by atoms with van der Waals surface area (Å²) >= 11 is 0. The third-order valence-corrected chi connectivity index (χ3v) is 3.66. The number of hydrogen-bond donors (Lipinski definition) is 0. The van der Waals surface area contributed by atoms with E-state index in [1.54, 1.807) is 0 Å². The predicted molar refractivity (Wildman–Crippen MR) is 58.1 cm³/mol. The van der Waals surface area contributed by atoms with Crippen LogP contribution in [0.5, 0.6) is 0 Å². The van der Waals surface area contributed by atoms with E-state index in [1.807, 2.05) is 19.9 Å². The van der Waals surface area contributed by atoms with Crippen molar-refractivity contribution < 1.29 is 47.6 Å². The molecule has 1 aromatic heterocycles. The van der Waals surface area contributed by atoms with Crippen molar-refractivity contribution in [2.75, 3.05) is 0 Å². The average molecular weight is 333 g/mol. The largest absolute Gasteiger partial charge is 0.393 e. The number of carbonyl (C=O) groups is 2. The maximum atomic E-state index is 11.5. The molecule has 2 aliphatic rings. The number of carbonyl (C=O) groups excluding carboxylic acids is 2. The Morgan fingerprint density at radius 1 is 1.09 bits per heavy atom. The summed E-state index contributed by atoms with van der Waals surface area (Å²) < 4.78 is 44.2. The molecule has 1 aromatic rings. The molecule has 9 heteroatoms. The van der Waals surface area contributed by atoms with Crippen molar-refractivity contribution in [2.45, 2.75) is 26.7 Å². The summed E-state index contributed by atoms with van der Waals surface area (Å²) in [5.74, 6) is 0.304. The molecule has 0 saturated carbocycles. The molecule has 2 unspecified atom stereocenters. The van der Waals surface area contributed by atoms with Crippen LogP contribution in [0, 0.1) is 35.9 Å². The lowest BCUT2D eigenvalue weighted by Crippen LogP contribution is -2.68. The van der Waals surface area contributed by atoms with Gasteiger partial charge in [-0.05, 0) is 18.4 Å². The average Bonchev–Trinajstić information content (AvgIpc) is 2.60. The highest BCUT2D eigenvalue weighted by molar-refractivity contribution is 5.97. The van der Waals surface area contributed by atoms with Crippen LogP contribution in [-0.2, 0) is 27.2 Å². The highest BCUT2D eigenvalue weighted by atomic mass is 35.7. The summed E-state index contributed by atoms with van der Waals surface area (Å²) in [7, 11) is -4.94. The molecule has 0 bridgehead atoms. The fraction of sp³-hybridized carbons (Fsp3) is 0.462. The lowest BCUT2D eigenvalue weighted by molar-refractivity contribution is -2.00. The molecular formula is C13H13ClO8. The van der Waals surface area contributed by atoms with Gasteiger partial charge in [-0.2, -0.15) is 0 Å². The van der Waals surface area contributed by atoms with Crippen LogP contribution in [0.2, 0.25) is 0 Å². The van der Waals surface area contributed by atoms with Crippen LogP contribution in [0.25, 0.3) is 0 Å². The van der Waals surface area contributed by atoms with Crippen molar-refractivity contribution >= 4 is 11.9 Å². The van der Waals surface area contributed by atoms with E-state index in [0.717, 1.165) is 22.6 Å². The molecule has 1 fully saturated rings. The van der Waals surface area contributed by atoms with Gasteiger partial charge in [0.1, 0.15) is 0 Å². The minimum atomic E-state index is -4.94. The minimum Gasteiger partial charge on any atom is -0.393 e. The molecule has 1 aliphatic carbocycles. The van der Waals surface area contributed by atoms with Crippen LogP contribution >= 0.6 is 0 Å². The van der Waals surface area contributed by atoms with E-state index in [4.69, 9.17) is 27.8 Å². The first-order chi connectivity index (χ1) is 10.1. The first-order valence-electron chi connectivity index (χ1n) is 6.35. The Bertz CT molecular complexity index is 615. The molecule has 2 atom stereocenters. The summed E-state index contributed by atoms with van der Waals surface area (Å²) in [6, 6.07) is 1.95. The lowest BCUT2D eigenvalue weighted by Gasteiger charge is -2.20. The van der Waals surface area contributed by atoms with Gasteiger partial charge in [-0.25, -0.2) is 23.1 Å². The zero-order valence-corrected chi connectivity index (χ0v) is 12.5. The van der Waals surface area contributed by atoms with Gasteiger partial charge >= 0.3 is 23.5 Å². The van der Waals surface area contributed by atoms with E-state index in [-0.39, 0.29) is 23.8 Å². The summed E-state index contributed by atoms with van der Waals surface area (Å²) in [5, 5.41) is 0. The predicted octanol–water partition coefficient (Wildman–Crippen LogP) is -3.16. The fourth-order valence-corrected chi connectivity index (χ4v) is 2.84. The number of fused-ring (bicyclic) bond motifs is 2. The molecule has 1 saturated heterocycles. The first kappa shape index (κ1) is 16.8. The number of halogens is 1. The first-order valence-corrected chi connectivity index (χ1v) is 7.59. The van der Waals surface area contributed by atoms with Crippen LogP contribution < -0.4 is 18.6 Å². The van der Waals surface area contributed by atoms with Gasteiger partial charge in [-0.3, -0.25) is 9.59 Å². The summed E-state index contributed by atoms with van der Waals surface area (Å²) in [4.78, 5) is 23.1. The molecule has 120 valence electrons. The van der Waals surface area contributed by atoms with Crippen molar-refractivity contribution in [1.29, 1.82) is 0 Å². The van der Waals surface area contributed by atoms with Gasteiger partial charge in [0.25, 0.3) is 0 Å². The maximum absolute atomic E-state index is 11.5. The van der Waals surface area contributed by atoms with Crippen molar-refractivity contribution in [3.8, 4) is 0 Å². The van der Waals surface area contributed by atoms with Crippen LogP contribution in [0.4, 0.5) is 0 Å². The lowest BCUT2D eigenvalue weighted by atomic mass is 9.77. The van der Waals surface area contributed by atoms with Gasteiger partial charge in [-0.15, -0.1) is 10.2 Å². The SMILES string of the molecule is Cc1cc2c(c(C)[o+]1)CC1C(=O)OC(=O)C1C2.[O-][Cl+3]([O-])([O-])[O-]. The highest BCUT2D eigenvalue weighted by Gasteiger charge is 2.48. The third-order valence-electron chi connectivity index (χ3n) is 3.66. The van der Waals surface area contributed by atoms with Crippen LogP contribution in [-0.4, -0.2) is 11.9 Å². The third kappa shape index (κ3) is 3.79. The van der Waals surface area contributed by atoms with Crippen molar-refractivity contribution in [2.24, 2.45) is 11.8 Å². The number of cyclic esters (lactones) is 2. The monoisotopic (exact) mass is 332 g/mol. The smallest absolute Gasteiger partial charge is 0.329 e. The Morgan fingerprint density at radius 3 is 2.14 bits per heavy atom. The maximum Gasteiger partial charge on any atom is 0.329 e. The Labute approximate surface area is 127 Å². The fourth-order valence-electron chi connectivity index (χ4n) is 2.84. The summed E-state index contributed by atoms with van der Waals surface area (Å²) in [6.45, 7) is 3.78. The zero-order chi connectivity index (χ0) is 16.7. The molecule has 0 amide bonds. The number of rotatable bonds is 0. The number of ether oxygens (including phenoxy) is 1. The molecule has 8 nitrogen and oxygen atoms in total. The van der Waals surface area contributed by atoms with Crippen molar-refractivity contribution in [3.05, 3.63) is 28.7 Å². The van der Waals surface area contributed by atoms with Gasteiger partial charge in [0.15, 0.2) is 0 Å². The molecule has 1 aliphatic heterocycles. The van der Waals surface area contributed by atoms with Gasteiger partial charge in [0.2, 0.25) is 0 Å². The minimum absolute atomic E-state index is 0.295. The molecule has 0 aromatic carbocycles. The van der Waals surface area contributed by atoms with Gasteiger partial charge < -0.3 is 4.74 Å². The second-order valence-corrected chi connectivity index (χ2v) is 5.91. The van der Waals surface area contributed by atoms with Crippen LogP contribution in [0.3, 0.4) is 0 Å². The van der Waals surface area contributed by atoms with Gasteiger partial charge in [-0.1, -0.05) is 0 Å². The second-order valence-electron chi connectivity index (χ2n) is 5.16.